The normalized spacial score (nSPS) is 13.6. The maximum atomic E-state index is 12.2. The molecule has 0 bridgehead atoms. The number of alkyl halides is 27. The maximum absolute atomic E-state index is 12.2. The Morgan fingerprint density at radius 1 is 0.255 bits per heavy atom. The van der Waals surface area contributed by atoms with Crippen LogP contribution in [0.5, 0.6) is 0 Å². The lowest BCUT2D eigenvalue weighted by Crippen LogP contribution is -3.61. The number of aryl methyl sites for hydroxylation is 4. The molecule has 0 saturated carbocycles. The Labute approximate surface area is 600 Å². The van der Waals surface area contributed by atoms with Crippen molar-refractivity contribution in [1.29, 1.82) is 0 Å². The van der Waals surface area contributed by atoms with Gasteiger partial charge in [-0.2, -0.15) is 119 Å². The second-order valence-electron chi connectivity index (χ2n) is 21.7. The van der Waals surface area contributed by atoms with Crippen LogP contribution in [0.15, 0.2) is 223 Å². The van der Waals surface area contributed by atoms with Crippen LogP contribution in [0.3, 0.4) is 0 Å². The molecule has 8 aromatic rings. The fourth-order valence-electron chi connectivity index (χ4n) is 8.54. The molecule has 0 N–H and O–H groups in total. The van der Waals surface area contributed by atoms with E-state index < -0.39 is 100 Å². The fourth-order valence-corrected chi connectivity index (χ4v) is 16.8. The lowest BCUT2D eigenvalue weighted by molar-refractivity contribution is -0.597. The van der Waals surface area contributed by atoms with Gasteiger partial charge in [0.1, 0.15) is 0 Å². The van der Waals surface area contributed by atoms with Crippen molar-refractivity contribution in [2.45, 2.75) is 127 Å². The van der Waals surface area contributed by atoms with Crippen molar-refractivity contribution in [3.63, 3.8) is 0 Å². The molecule has 0 unspecified atom stereocenters. The van der Waals surface area contributed by atoms with Crippen LogP contribution in [-0.2, 0) is 52.1 Å². The number of hydrogen-bond donors (Lipinski definition) is 0. The molecule has 8 rings (SSSR count). The number of rotatable bonds is 19. The first kappa shape index (κ1) is 89.7. The molecule has 0 aliphatic heterocycles. The topological polar surface area (TPSA) is 172 Å². The first-order chi connectivity index (χ1) is 47.9. The van der Waals surface area contributed by atoms with E-state index in [9.17, 15) is 157 Å². The van der Waals surface area contributed by atoms with Gasteiger partial charge < -0.3 is 13.7 Å². The molecular weight excluding hydrogens is 1710 g/mol. The average Bonchev–Trinajstić information content (AvgIpc) is 0.738. The molecule has 0 aromatic heterocycles. The van der Waals surface area contributed by atoms with E-state index in [1.165, 1.54) is 81.0 Å². The zero-order valence-corrected chi connectivity index (χ0v) is 59.0. The highest BCUT2D eigenvalue weighted by atomic mass is 127. The van der Waals surface area contributed by atoms with Gasteiger partial charge in [0.15, 0.2) is 66.9 Å². The van der Waals surface area contributed by atoms with Gasteiger partial charge in [-0.25, -0.2) is 25.3 Å². The Balaban J connectivity index is 0.000000322. The van der Waals surface area contributed by atoms with Gasteiger partial charge >= 0.3 is 91.0 Å². The molecule has 9 nitrogen and oxygen atoms in total. The van der Waals surface area contributed by atoms with E-state index >= 15 is 0 Å². The molecule has 0 aliphatic rings. The molecule has 106 heavy (non-hydrogen) atoms. The maximum Gasteiger partial charge on any atom is 0.460 e. The summed E-state index contributed by atoms with van der Waals surface area (Å²) in [7, 11) is -22.6. The third-order valence-electron chi connectivity index (χ3n) is 14.3. The highest BCUT2D eigenvalue weighted by Crippen LogP contribution is 2.57. The van der Waals surface area contributed by atoms with Gasteiger partial charge in [0.25, 0.3) is 0 Å². The molecule has 580 valence electrons. The molecule has 0 heterocycles. The van der Waals surface area contributed by atoms with E-state index in [1.807, 2.05) is 0 Å². The molecule has 0 amide bonds. The van der Waals surface area contributed by atoms with Crippen molar-refractivity contribution in [1.82, 2.24) is 0 Å². The second kappa shape index (κ2) is 31.9. The Hall–Kier alpha value is -6.97. The molecule has 0 aliphatic carbocycles. The second-order valence-corrected chi connectivity index (χ2v) is 32.9. The molecule has 0 atom stereocenters. The third kappa shape index (κ3) is 18.3. The highest BCUT2D eigenvalue weighted by molar-refractivity contribution is 7.97. The fraction of sp³-hybridized carbons (Fsp3) is 0.250. The van der Waals surface area contributed by atoms with Crippen LogP contribution in [0.1, 0.15) is 22.3 Å². The zero-order chi connectivity index (χ0) is 81.2. The van der Waals surface area contributed by atoms with Crippen LogP contribution in [0.2, 0.25) is 0 Å². The summed E-state index contributed by atoms with van der Waals surface area (Å²) in [4.78, 5) is 8.27. The van der Waals surface area contributed by atoms with Crippen LogP contribution >= 0.6 is 0 Å². The lowest BCUT2D eigenvalue weighted by Gasteiger charge is -2.34. The summed E-state index contributed by atoms with van der Waals surface area (Å²) in [6, 6.07) is 72.3. The van der Waals surface area contributed by atoms with Crippen LogP contribution < -0.4 is 21.2 Å². The molecule has 42 heteroatoms. The zero-order valence-electron chi connectivity index (χ0n) is 52.8. The molecule has 0 saturated heterocycles. The molecule has 0 fully saturated rings. The minimum absolute atomic E-state index is 0.158. The SMILES string of the molecule is Cc1ccccc1[S+](c1ccc(-c2ccc([I+]c3ccc(-c4ccc([S+](c5ccccc5C)c5ccccc5C)cc4)cc3)cc2)cc1)c1ccccc1C.O=S(=O)([O-])C(F)(F)C(F)(F)C(F)(F)C(F)(F)F.O=S(=O)([O-])C(F)(F)C(F)(F)C(F)(F)C(F)(F)F.O=S(=O)([O-])C(F)(F)C(F)(F)C(F)(F)C(F)(F)F. The Kier molecular flexibility index (Phi) is 27.0. The summed E-state index contributed by atoms with van der Waals surface area (Å²) in [6.07, 6.45) is -21.5. The predicted molar refractivity (Wildman–Crippen MR) is 322 cm³/mol. The Bertz CT molecular complexity index is 4260. The summed E-state index contributed by atoms with van der Waals surface area (Å²) in [5.74, 6) is -44.5. The van der Waals surface area contributed by atoms with E-state index in [2.05, 4.69) is 222 Å². The highest BCUT2D eigenvalue weighted by Gasteiger charge is 2.86. The van der Waals surface area contributed by atoms with Gasteiger partial charge in [-0.3, -0.25) is 0 Å². The Morgan fingerprint density at radius 2 is 0.425 bits per heavy atom. The predicted octanol–water partition coefficient (Wildman–Crippen LogP) is 16.4. The number of benzene rings is 8. The van der Waals surface area contributed by atoms with Crippen molar-refractivity contribution in [3.8, 4) is 22.3 Å². The number of hydrogen-bond acceptors (Lipinski definition) is 9. The van der Waals surface area contributed by atoms with Gasteiger partial charge in [-0.05, 0) is 171 Å². The Morgan fingerprint density at radius 3 is 0.585 bits per heavy atom. The first-order valence-corrected chi connectivity index (χ1v) is 37.0. The minimum atomic E-state index is -7.43. The van der Waals surface area contributed by atoms with Crippen LogP contribution in [0.4, 0.5) is 119 Å². The van der Waals surface area contributed by atoms with Crippen molar-refractivity contribution in [2.75, 3.05) is 0 Å². The van der Waals surface area contributed by atoms with E-state index in [0.29, 0.717) is 0 Å². The molecule has 8 aromatic carbocycles. The van der Waals surface area contributed by atoms with Crippen LogP contribution in [-0.4, -0.2) is 109 Å². The molecule has 0 spiro atoms. The van der Waals surface area contributed by atoms with Crippen molar-refractivity contribution in [2.24, 2.45) is 0 Å². The van der Waals surface area contributed by atoms with Gasteiger partial charge in [0.05, 0.1) is 21.8 Å². The summed E-state index contributed by atoms with van der Waals surface area (Å²) in [6.45, 7) is 8.92. The smallest absolute Gasteiger partial charge is 0.460 e. The van der Waals surface area contributed by atoms with Crippen LogP contribution in [0, 0.1) is 34.8 Å². The summed E-state index contributed by atoms with van der Waals surface area (Å²) in [5, 5.41) is -21.3. The third-order valence-corrected chi connectivity index (χ3v) is 24.7. The summed E-state index contributed by atoms with van der Waals surface area (Å²) < 4.78 is 409. The van der Waals surface area contributed by atoms with Crippen molar-refractivity contribution in [3.05, 3.63) is 224 Å². The van der Waals surface area contributed by atoms with Gasteiger partial charge in [0, 0.05) is 22.3 Å². The molecular formula is C64H44F27IO9S5. The van der Waals surface area contributed by atoms with E-state index in [0.717, 1.165) is 0 Å². The largest absolute Gasteiger partial charge is 0.743 e. The monoisotopic (exact) mass is 1760 g/mol. The quantitative estimate of drug-likeness (QED) is 0.0331. The lowest BCUT2D eigenvalue weighted by atomic mass is 10.1. The summed E-state index contributed by atoms with van der Waals surface area (Å²) in [5.41, 5.74) is 10.4. The van der Waals surface area contributed by atoms with Crippen molar-refractivity contribution < 1.29 is 179 Å². The van der Waals surface area contributed by atoms with E-state index in [-0.39, 0.29) is 43.0 Å². The summed E-state index contributed by atoms with van der Waals surface area (Å²) >= 11 is -0.281. The standard InChI is InChI=1S/C52H44IS2.3C4HF9O3S/c1-37-13-5-9-17-49(37)54(50-18-10-6-14-38(50)2)47-33-25-43(26-34-47)41-21-29-45(30-22-41)53-46-31-23-42(24-32-46)44-27-35-48(36-28-44)55(51-19-11-7-15-39(51)3)52-20-12-8-16-40(52)4;3*5-1(6,3(9,10)11)2(7,8)4(12,13)17(14,15)16/h5-36H,1-4H3;3*(H,14,15,16)/q+3;;;/p-3. The minimum Gasteiger partial charge on any atom is -0.743 e. The van der Waals surface area contributed by atoms with E-state index in [4.69, 9.17) is 0 Å². The van der Waals surface area contributed by atoms with Gasteiger partial charge in [-0.1, -0.05) is 72.8 Å². The average molecular weight is 1760 g/mol. The van der Waals surface area contributed by atoms with Crippen LogP contribution in [0.25, 0.3) is 22.3 Å². The van der Waals surface area contributed by atoms with Gasteiger partial charge in [-0.15, -0.1) is 0 Å². The number of halogens is 28. The van der Waals surface area contributed by atoms with Gasteiger partial charge in [0.2, 0.25) is 0 Å². The first-order valence-electron chi connectivity index (χ1n) is 28.2. The molecule has 0 radical (unpaired) electrons. The van der Waals surface area contributed by atoms with E-state index in [1.54, 1.807) is 0 Å². The van der Waals surface area contributed by atoms with Crippen molar-refractivity contribution >= 4 is 52.1 Å².